The van der Waals surface area contributed by atoms with Crippen molar-refractivity contribution < 1.29 is 28.4 Å². The molecule has 0 aliphatic rings. The molecule has 0 aromatic rings. The van der Waals surface area contributed by atoms with Crippen molar-refractivity contribution in [3.05, 3.63) is 5.32 Å². The molecule has 0 atom stereocenters. The Morgan fingerprint density at radius 2 is 1.57 bits per heavy atom. The normalized spacial score (nSPS) is 8.86. The fourth-order valence-corrected chi connectivity index (χ4v) is 0.800. The molecule has 0 bridgehead atoms. The topological polar surface area (TPSA) is 40.4 Å². The second-order valence-electron chi connectivity index (χ2n) is 3.26. The van der Waals surface area contributed by atoms with Crippen molar-refractivity contribution in [3.63, 3.8) is 0 Å². The van der Waals surface area contributed by atoms with Gasteiger partial charge < -0.3 is 10.1 Å². The molecule has 0 aliphatic carbocycles. The molecule has 0 heterocycles. The van der Waals surface area contributed by atoms with Crippen LogP contribution in [0.15, 0.2) is 0 Å². The quantitative estimate of drug-likeness (QED) is 0.460. The number of hydrogen-bond acceptors (Lipinski definition) is 2. The van der Waals surface area contributed by atoms with Crippen LogP contribution in [0.4, 0.5) is 0 Å². The van der Waals surface area contributed by atoms with E-state index in [9.17, 15) is 4.79 Å². The fourth-order valence-electron chi connectivity index (χ4n) is 0.800. The van der Waals surface area contributed by atoms with E-state index < -0.39 is 0 Å². The van der Waals surface area contributed by atoms with Crippen LogP contribution in [0.3, 0.4) is 0 Å². The predicted molar refractivity (Wildman–Crippen MR) is 55.9 cm³/mol. The van der Waals surface area contributed by atoms with Crippen LogP contribution < -0.4 is 18.9 Å². The number of esters is 1. The number of rotatable bonds is 3. The summed E-state index contributed by atoms with van der Waals surface area (Å²) in [5, 5.41) is 4.28. The van der Waals surface area contributed by atoms with Gasteiger partial charge in [0.2, 0.25) is 0 Å². The van der Waals surface area contributed by atoms with Gasteiger partial charge in [-0.1, -0.05) is 27.7 Å². The van der Waals surface area contributed by atoms with E-state index in [-0.39, 0.29) is 24.8 Å². The first kappa shape index (κ1) is 19.6. The molecule has 0 aliphatic heterocycles. The number of carbonyl (C=O) groups is 1. The van der Waals surface area contributed by atoms with Crippen molar-refractivity contribution in [1.29, 1.82) is 0 Å². The standard InChI is InChI=1S/C6H14N.C4H8O2.Li/c1-5(2)7-6(3)4;1-3-6-4(2)5;/h5-6H,1-4H3;3H2,1-2H3;/q-1;;+1. The predicted octanol–water partition coefficient (Wildman–Crippen LogP) is -0.250. The minimum Gasteiger partial charge on any atom is -0.658 e. The van der Waals surface area contributed by atoms with Crippen molar-refractivity contribution in [2.75, 3.05) is 6.61 Å². The van der Waals surface area contributed by atoms with Crippen LogP contribution in [-0.4, -0.2) is 24.7 Å². The largest absolute Gasteiger partial charge is 1.00 e. The van der Waals surface area contributed by atoms with Gasteiger partial charge in [-0.05, 0) is 6.92 Å². The molecular weight excluding hydrogens is 173 g/mol. The molecule has 0 rings (SSSR count). The smallest absolute Gasteiger partial charge is 0.658 e. The van der Waals surface area contributed by atoms with Crippen LogP contribution in [0.1, 0.15) is 41.5 Å². The van der Waals surface area contributed by atoms with Crippen LogP contribution >= 0.6 is 0 Å². The van der Waals surface area contributed by atoms with E-state index in [0.29, 0.717) is 18.7 Å². The van der Waals surface area contributed by atoms with Crippen molar-refractivity contribution in [3.8, 4) is 0 Å². The van der Waals surface area contributed by atoms with Crippen LogP contribution in [0.2, 0.25) is 0 Å². The van der Waals surface area contributed by atoms with Gasteiger partial charge in [-0.3, -0.25) is 4.79 Å². The molecule has 0 aromatic carbocycles. The molecule has 0 N–H and O–H groups in total. The first-order chi connectivity index (χ1) is 5.90. The molecule has 0 amide bonds. The zero-order chi connectivity index (χ0) is 10.9. The third-order valence-electron chi connectivity index (χ3n) is 0.944. The third-order valence-corrected chi connectivity index (χ3v) is 0.944. The van der Waals surface area contributed by atoms with Gasteiger partial charge in [-0.25, -0.2) is 0 Å². The summed E-state index contributed by atoms with van der Waals surface area (Å²) >= 11 is 0. The Labute approximate surface area is 100 Å². The van der Waals surface area contributed by atoms with E-state index in [4.69, 9.17) is 0 Å². The number of ether oxygens (including phenoxy) is 1. The summed E-state index contributed by atoms with van der Waals surface area (Å²) in [6, 6.07) is 1.000. The van der Waals surface area contributed by atoms with Gasteiger partial charge in [-0.15, -0.1) is 12.1 Å². The van der Waals surface area contributed by atoms with E-state index >= 15 is 0 Å². The molecule has 3 nitrogen and oxygen atoms in total. The van der Waals surface area contributed by atoms with E-state index in [1.807, 2.05) is 0 Å². The summed E-state index contributed by atoms with van der Waals surface area (Å²) in [5.74, 6) is -0.211. The van der Waals surface area contributed by atoms with E-state index in [0.717, 1.165) is 0 Å². The van der Waals surface area contributed by atoms with Gasteiger partial charge in [0.15, 0.2) is 0 Å². The molecule has 0 saturated carbocycles. The third kappa shape index (κ3) is 29.6. The Kier molecular flexibility index (Phi) is 18.2. The maximum Gasteiger partial charge on any atom is 1.00 e. The maximum absolute atomic E-state index is 9.82. The summed E-state index contributed by atoms with van der Waals surface area (Å²) < 4.78 is 4.40. The number of hydrogen-bond donors (Lipinski definition) is 0. The molecule has 14 heavy (non-hydrogen) atoms. The van der Waals surface area contributed by atoms with Crippen LogP contribution in [0.5, 0.6) is 0 Å². The van der Waals surface area contributed by atoms with Gasteiger partial charge >= 0.3 is 24.8 Å². The van der Waals surface area contributed by atoms with Crippen LogP contribution in [0.25, 0.3) is 5.32 Å². The molecule has 0 spiro atoms. The van der Waals surface area contributed by atoms with Crippen molar-refractivity contribution >= 4 is 5.97 Å². The summed E-state index contributed by atoms with van der Waals surface area (Å²) in [6.45, 7) is 12.0. The second-order valence-corrected chi connectivity index (χ2v) is 3.26. The first-order valence-electron chi connectivity index (χ1n) is 4.73. The molecule has 80 valence electrons. The van der Waals surface area contributed by atoms with Gasteiger partial charge in [0.25, 0.3) is 0 Å². The van der Waals surface area contributed by atoms with E-state index in [1.54, 1.807) is 6.92 Å². The zero-order valence-corrected chi connectivity index (χ0v) is 10.6. The second kappa shape index (κ2) is 13.0. The molecule has 0 radical (unpaired) electrons. The van der Waals surface area contributed by atoms with Crippen LogP contribution in [-0.2, 0) is 9.53 Å². The van der Waals surface area contributed by atoms with E-state index in [1.165, 1.54) is 6.92 Å². The summed E-state index contributed by atoms with van der Waals surface area (Å²) in [4.78, 5) is 9.82. The zero-order valence-electron chi connectivity index (χ0n) is 10.6. The first-order valence-corrected chi connectivity index (χ1v) is 4.73. The monoisotopic (exact) mass is 195 g/mol. The Hall–Kier alpha value is 0.0274. The minimum atomic E-state index is -0.211. The average Bonchev–Trinajstić information content (AvgIpc) is 1.83. The summed E-state index contributed by atoms with van der Waals surface area (Å²) in [5.41, 5.74) is 0. The molecule has 4 heteroatoms. The van der Waals surface area contributed by atoms with Crippen molar-refractivity contribution in [1.82, 2.24) is 0 Å². The molecular formula is C10H22LiNO2. The maximum atomic E-state index is 9.82. The van der Waals surface area contributed by atoms with Crippen molar-refractivity contribution in [2.45, 2.75) is 53.6 Å². The minimum absolute atomic E-state index is 0. The number of carbonyl (C=O) groups excluding carboxylic acids is 1. The molecule has 0 aromatic heterocycles. The Bertz CT molecular complexity index is 121. The van der Waals surface area contributed by atoms with Gasteiger partial charge in [-0.2, -0.15) is 0 Å². The Balaban J connectivity index is -0.000000163. The average molecular weight is 195 g/mol. The fraction of sp³-hybridized carbons (Fsp3) is 0.900. The van der Waals surface area contributed by atoms with Crippen molar-refractivity contribution in [2.24, 2.45) is 0 Å². The number of nitrogens with zero attached hydrogens (tertiary/aromatic N) is 1. The van der Waals surface area contributed by atoms with E-state index in [2.05, 4.69) is 37.7 Å². The van der Waals surface area contributed by atoms with Crippen LogP contribution in [0, 0.1) is 0 Å². The SMILES string of the molecule is CC(C)[N-]C(C)C.CCOC(C)=O.[Li+]. The Morgan fingerprint density at radius 3 is 1.57 bits per heavy atom. The molecule has 0 unspecified atom stereocenters. The molecule has 0 saturated heterocycles. The van der Waals surface area contributed by atoms with Gasteiger partial charge in [0, 0.05) is 6.92 Å². The van der Waals surface area contributed by atoms with Gasteiger partial charge in [0.1, 0.15) is 0 Å². The van der Waals surface area contributed by atoms with Gasteiger partial charge in [0.05, 0.1) is 6.61 Å². The summed E-state index contributed by atoms with van der Waals surface area (Å²) in [6.07, 6.45) is 0. The molecule has 0 fully saturated rings. The summed E-state index contributed by atoms with van der Waals surface area (Å²) in [7, 11) is 0. The Morgan fingerprint density at radius 1 is 1.21 bits per heavy atom.